The molecule has 0 radical (unpaired) electrons. The molecule has 0 aliphatic carbocycles. The fourth-order valence-electron chi connectivity index (χ4n) is 2.17. The largest absolute Gasteiger partial charge is 0.303 e. The number of carbonyl (C=O) groups is 2. The van der Waals surface area contributed by atoms with Crippen molar-refractivity contribution >= 4 is 23.7 Å². The van der Waals surface area contributed by atoms with Crippen molar-refractivity contribution in [2.45, 2.75) is 19.8 Å². The molecular weight excluding hydrogens is 272 g/mol. The van der Waals surface area contributed by atoms with Crippen molar-refractivity contribution in [1.82, 2.24) is 0 Å². The summed E-state index contributed by atoms with van der Waals surface area (Å²) in [6.45, 7) is 1.92. The Morgan fingerprint density at radius 1 is 1.15 bits per heavy atom. The van der Waals surface area contributed by atoms with Crippen LogP contribution in [0.1, 0.15) is 33.5 Å². The summed E-state index contributed by atoms with van der Waals surface area (Å²) in [7, 11) is 0. The van der Waals surface area contributed by atoms with E-state index >= 15 is 0 Å². The lowest BCUT2D eigenvalue weighted by Gasteiger charge is -2.10. The molecule has 2 rings (SSSR count). The molecule has 0 unspecified atom stereocenters. The summed E-state index contributed by atoms with van der Waals surface area (Å²) in [6, 6.07) is 12.5. The standard InChI is InChI=1S/C17H15ClO2/c1-12-13(5-3-11-19)4-2-6-16(12)17(20)14-7-9-15(18)10-8-14/h2,4,6-11H,3,5H2,1H3. The number of hydrogen-bond donors (Lipinski definition) is 0. The van der Waals surface area contributed by atoms with Gasteiger partial charge < -0.3 is 4.79 Å². The number of aryl methyl sites for hydroxylation is 1. The highest BCUT2D eigenvalue weighted by atomic mass is 35.5. The molecule has 0 atom stereocenters. The average molecular weight is 287 g/mol. The fourth-order valence-corrected chi connectivity index (χ4v) is 2.30. The highest BCUT2D eigenvalue weighted by molar-refractivity contribution is 6.30. The van der Waals surface area contributed by atoms with Gasteiger partial charge in [0.1, 0.15) is 6.29 Å². The maximum atomic E-state index is 12.5. The summed E-state index contributed by atoms with van der Waals surface area (Å²) in [5.74, 6) is -0.0212. The smallest absolute Gasteiger partial charge is 0.193 e. The first-order valence-corrected chi connectivity index (χ1v) is 6.83. The summed E-state index contributed by atoms with van der Waals surface area (Å²) < 4.78 is 0. The van der Waals surface area contributed by atoms with Gasteiger partial charge in [-0.25, -0.2) is 0 Å². The second kappa shape index (κ2) is 6.49. The van der Waals surface area contributed by atoms with E-state index in [-0.39, 0.29) is 5.78 Å². The molecule has 2 aromatic carbocycles. The van der Waals surface area contributed by atoms with E-state index < -0.39 is 0 Å². The Hall–Kier alpha value is -1.93. The Kier molecular flexibility index (Phi) is 4.70. The minimum atomic E-state index is -0.0212. The number of rotatable bonds is 5. The Labute approximate surface area is 123 Å². The van der Waals surface area contributed by atoms with E-state index in [9.17, 15) is 9.59 Å². The van der Waals surface area contributed by atoms with Gasteiger partial charge in [-0.3, -0.25) is 4.79 Å². The van der Waals surface area contributed by atoms with Gasteiger partial charge in [0.15, 0.2) is 5.78 Å². The molecule has 0 aromatic heterocycles. The second-order valence-corrected chi connectivity index (χ2v) is 5.07. The van der Waals surface area contributed by atoms with Gasteiger partial charge in [0.2, 0.25) is 0 Å². The summed E-state index contributed by atoms with van der Waals surface area (Å²) in [6.07, 6.45) is 2.03. The second-order valence-electron chi connectivity index (χ2n) is 4.63. The van der Waals surface area contributed by atoms with Crippen LogP contribution in [0, 0.1) is 6.92 Å². The van der Waals surface area contributed by atoms with Gasteiger partial charge in [0.25, 0.3) is 0 Å². The molecular formula is C17H15ClO2. The van der Waals surface area contributed by atoms with E-state index in [2.05, 4.69) is 0 Å². The predicted molar refractivity (Wildman–Crippen MR) is 80.4 cm³/mol. The summed E-state index contributed by atoms with van der Waals surface area (Å²) in [5.41, 5.74) is 3.27. The molecule has 2 nitrogen and oxygen atoms in total. The molecule has 0 bridgehead atoms. The summed E-state index contributed by atoms with van der Waals surface area (Å²) in [5, 5.41) is 0.609. The van der Waals surface area contributed by atoms with Crippen LogP contribution in [0.5, 0.6) is 0 Å². The molecule has 3 heteroatoms. The first kappa shape index (κ1) is 14.5. The maximum absolute atomic E-state index is 12.5. The predicted octanol–water partition coefficient (Wildman–Crippen LogP) is 4.01. The molecule has 20 heavy (non-hydrogen) atoms. The Morgan fingerprint density at radius 3 is 2.50 bits per heavy atom. The Balaban J connectivity index is 2.34. The van der Waals surface area contributed by atoms with Crippen molar-refractivity contribution in [3.63, 3.8) is 0 Å². The molecule has 0 fully saturated rings. The quantitative estimate of drug-likeness (QED) is 0.615. The number of aldehydes is 1. The van der Waals surface area contributed by atoms with Gasteiger partial charge >= 0.3 is 0 Å². The third-order valence-corrected chi connectivity index (χ3v) is 3.58. The van der Waals surface area contributed by atoms with Crippen LogP contribution in [-0.4, -0.2) is 12.1 Å². The molecule has 0 saturated heterocycles. The summed E-state index contributed by atoms with van der Waals surface area (Å²) in [4.78, 5) is 23.0. The maximum Gasteiger partial charge on any atom is 0.193 e. The Bertz CT molecular complexity index is 630. The van der Waals surface area contributed by atoms with E-state index in [0.717, 1.165) is 17.4 Å². The number of ketones is 1. The van der Waals surface area contributed by atoms with Crippen LogP contribution in [0.3, 0.4) is 0 Å². The van der Waals surface area contributed by atoms with E-state index in [0.29, 0.717) is 29.0 Å². The molecule has 0 aliphatic rings. The zero-order valence-electron chi connectivity index (χ0n) is 11.2. The molecule has 102 valence electrons. The number of halogens is 1. The molecule has 0 aliphatic heterocycles. The normalized spacial score (nSPS) is 10.3. The number of benzene rings is 2. The van der Waals surface area contributed by atoms with Crippen molar-refractivity contribution in [2.75, 3.05) is 0 Å². The lowest BCUT2D eigenvalue weighted by Crippen LogP contribution is -2.05. The van der Waals surface area contributed by atoms with Crippen LogP contribution in [-0.2, 0) is 11.2 Å². The van der Waals surface area contributed by atoms with Crippen molar-refractivity contribution in [2.24, 2.45) is 0 Å². The zero-order valence-corrected chi connectivity index (χ0v) is 12.0. The van der Waals surface area contributed by atoms with Gasteiger partial charge in [-0.05, 0) is 48.7 Å². The van der Waals surface area contributed by atoms with Gasteiger partial charge in [-0.2, -0.15) is 0 Å². The molecule has 0 amide bonds. The van der Waals surface area contributed by atoms with E-state index in [1.807, 2.05) is 25.1 Å². The minimum Gasteiger partial charge on any atom is -0.303 e. The SMILES string of the molecule is Cc1c(CCC=O)cccc1C(=O)c1ccc(Cl)cc1. The molecule has 0 heterocycles. The van der Waals surface area contributed by atoms with E-state index in [4.69, 9.17) is 11.6 Å². The highest BCUT2D eigenvalue weighted by Crippen LogP contribution is 2.20. The van der Waals surface area contributed by atoms with Crippen LogP contribution < -0.4 is 0 Å². The third kappa shape index (κ3) is 3.14. The van der Waals surface area contributed by atoms with Gasteiger partial charge in [0.05, 0.1) is 0 Å². The van der Waals surface area contributed by atoms with Crippen LogP contribution in [0.25, 0.3) is 0 Å². The first-order valence-electron chi connectivity index (χ1n) is 6.46. The third-order valence-electron chi connectivity index (χ3n) is 3.33. The van der Waals surface area contributed by atoms with Gasteiger partial charge in [-0.1, -0.05) is 29.8 Å². The van der Waals surface area contributed by atoms with Gasteiger partial charge in [0, 0.05) is 22.6 Å². The van der Waals surface area contributed by atoms with Crippen molar-refractivity contribution in [3.05, 3.63) is 69.7 Å². The highest BCUT2D eigenvalue weighted by Gasteiger charge is 2.13. The lowest BCUT2D eigenvalue weighted by molar-refractivity contribution is -0.107. The van der Waals surface area contributed by atoms with Crippen LogP contribution in [0.2, 0.25) is 5.02 Å². The lowest BCUT2D eigenvalue weighted by atomic mass is 9.94. The molecule has 0 saturated carbocycles. The van der Waals surface area contributed by atoms with Gasteiger partial charge in [-0.15, -0.1) is 0 Å². The van der Waals surface area contributed by atoms with E-state index in [1.54, 1.807) is 24.3 Å². The zero-order chi connectivity index (χ0) is 14.5. The van der Waals surface area contributed by atoms with Crippen molar-refractivity contribution < 1.29 is 9.59 Å². The van der Waals surface area contributed by atoms with Crippen LogP contribution >= 0.6 is 11.6 Å². The fraction of sp³-hybridized carbons (Fsp3) is 0.176. The topological polar surface area (TPSA) is 34.1 Å². The minimum absolute atomic E-state index is 0.0212. The molecule has 0 N–H and O–H groups in total. The number of hydrogen-bond acceptors (Lipinski definition) is 2. The molecule has 2 aromatic rings. The van der Waals surface area contributed by atoms with Crippen molar-refractivity contribution in [3.8, 4) is 0 Å². The van der Waals surface area contributed by atoms with Crippen molar-refractivity contribution in [1.29, 1.82) is 0 Å². The summed E-state index contributed by atoms with van der Waals surface area (Å²) >= 11 is 5.83. The van der Waals surface area contributed by atoms with Crippen LogP contribution in [0.15, 0.2) is 42.5 Å². The van der Waals surface area contributed by atoms with E-state index in [1.165, 1.54) is 0 Å². The average Bonchev–Trinajstić information content (AvgIpc) is 2.46. The monoisotopic (exact) mass is 286 g/mol. The van der Waals surface area contributed by atoms with Crippen LogP contribution in [0.4, 0.5) is 0 Å². The first-order chi connectivity index (χ1) is 9.63. The Morgan fingerprint density at radius 2 is 1.85 bits per heavy atom. The molecule has 0 spiro atoms. The number of carbonyl (C=O) groups excluding carboxylic acids is 2.